The van der Waals surface area contributed by atoms with Gasteiger partial charge >= 0.3 is 5.97 Å². The van der Waals surface area contributed by atoms with Gasteiger partial charge in [-0.15, -0.1) is 0 Å². The molecule has 140 valence electrons. The van der Waals surface area contributed by atoms with Gasteiger partial charge in [0.1, 0.15) is 0 Å². The molecule has 1 N–H and O–H groups in total. The van der Waals surface area contributed by atoms with Crippen LogP contribution in [0.4, 0.5) is 0 Å². The molecule has 1 atom stereocenters. The molecule has 1 heterocycles. The fraction of sp³-hybridized carbons (Fsp3) is 0.474. The summed E-state index contributed by atoms with van der Waals surface area (Å²) in [6.07, 6.45) is 0.570. The number of hydrogen-bond donors (Lipinski definition) is 1. The van der Waals surface area contributed by atoms with E-state index in [2.05, 4.69) is 10.4 Å². The van der Waals surface area contributed by atoms with Gasteiger partial charge in [0, 0.05) is 19.4 Å². The smallest absolute Gasteiger partial charge is 0.307 e. The molecular formula is C19H25N3O4. The maximum absolute atomic E-state index is 12.2. The van der Waals surface area contributed by atoms with E-state index in [-0.39, 0.29) is 24.7 Å². The van der Waals surface area contributed by atoms with Gasteiger partial charge in [-0.1, -0.05) is 37.3 Å². The minimum atomic E-state index is -0.862. The van der Waals surface area contributed by atoms with Crippen molar-refractivity contribution in [2.24, 2.45) is 5.10 Å². The van der Waals surface area contributed by atoms with E-state index in [0.29, 0.717) is 19.5 Å². The molecule has 0 aliphatic carbocycles. The highest BCUT2D eigenvalue weighted by Crippen LogP contribution is 2.15. The quantitative estimate of drug-likeness (QED) is 0.718. The Hall–Kier alpha value is -2.70. The molecule has 0 saturated carbocycles. The van der Waals surface area contributed by atoms with Gasteiger partial charge in [-0.3, -0.25) is 14.4 Å². The number of amides is 2. The number of carbonyl (C=O) groups is 3. The molecule has 2 rings (SSSR count). The summed E-state index contributed by atoms with van der Waals surface area (Å²) in [6.45, 7) is 4.50. The van der Waals surface area contributed by atoms with Gasteiger partial charge in [0.25, 0.3) is 5.91 Å². The van der Waals surface area contributed by atoms with Gasteiger partial charge < -0.3 is 10.1 Å². The Balaban J connectivity index is 1.77. The van der Waals surface area contributed by atoms with Crippen LogP contribution in [0.3, 0.4) is 0 Å². The molecule has 1 aromatic carbocycles. The molecule has 0 aromatic heterocycles. The number of benzene rings is 1. The van der Waals surface area contributed by atoms with Crippen molar-refractivity contribution < 1.29 is 19.1 Å². The standard InChI is InChI=1S/C19H25N3O4/c1-3-12-20-19(25)14(2)26-18(24)10-9-17(23)22-13-11-16(21-22)15-7-5-4-6-8-15/h4-8,14H,3,9-13H2,1-2H3,(H,20,25). The van der Waals surface area contributed by atoms with E-state index >= 15 is 0 Å². The average Bonchev–Trinajstić information content (AvgIpc) is 3.15. The van der Waals surface area contributed by atoms with E-state index in [9.17, 15) is 14.4 Å². The van der Waals surface area contributed by atoms with Crippen molar-refractivity contribution in [1.82, 2.24) is 10.3 Å². The summed E-state index contributed by atoms with van der Waals surface area (Å²) >= 11 is 0. The second-order valence-corrected chi connectivity index (χ2v) is 6.10. The lowest BCUT2D eigenvalue weighted by Gasteiger charge is -2.14. The summed E-state index contributed by atoms with van der Waals surface area (Å²) in [7, 11) is 0. The lowest BCUT2D eigenvalue weighted by molar-refractivity contribution is -0.155. The highest BCUT2D eigenvalue weighted by atomic mass is 16.5. The highest BCUT2D eigenvalue weighted by Gasteiger charge is 2.23. The molecule has 0 fully saturated rings. The van der Waals surface area contributed by atoms with Crippen LogP contribution < -0.4 is 5.32 Å². The Kier molecular flexibility index (Phi) is 7.32. The zero-order valence-corrected chi connectivity index (χ0v) is 15.2. The molecule has 1 aliphatic rings. The largest absolute Gasteiger partial charge is 0.453 e. The molecule has 7 nitrogen and oxygen atoms in total. The van der Waals surface area contributed by atoms with Crippen molar-refractivity contribution in [1.29, 1.82) is 0 Å². The summed E-state index contributed by atoms with van der Waals surface area (Å²) in [5.41, 5.74) is 1.86. The molecule has 1 aliphatic heterocycles. The van der Waals surface area contributed by atoms with Crippen molar-refractivity contribution in [3.8, 4) is 0 Å². The SMILES string of the molecule is CCCNC(=O)C(C)OC(=O)CCC(=O)N1CCC(c2ccccc2)=N1. The fourth-order valence-electron chi connectivity index (χ4n) is 2.51. The third-order valence-electron chi connectivity index (χ3n) is 3.97. The normalized spacial score (nSPS) is 14.5. The van der Waals surface area contributed by atoms with Crippen molar-refractivity contribution in [3.63, 3.8) is 0 Å². The molecule has 0 bridgehead atoms. The third kappa shape index (κ3) is 5.68. The Morgan fingerprint density at radius 2 is 1.96 bits per heavy atom. The lowest BCUT2D eigenvalue weighted by Crippen LogP contribution is -2.36. The number of nitrogens with one attached hydrogen (secondary N) is 1. The van der Waals surface area contributed by atoms with Crippen molar-refractivity contribution >= 4 is 23.5 Å². The Morgan fingerprint density at radius 1 is 1.23 bits per heavy atom. The van der Waals surface area contributed by atoms with Gasteiger partial charge in [0.15, 0.2) is 6.10 Å². The second-order valence-electron chi connectivity index (χ2n) is 6.10. The van der Waals surface area contributed by atoms with Crippen molar-refractivity contribution in [2.75, 3.05) is 13.1 Å². The molecule has 26 heavy (non-hydrogen) atoms. The molecule has 0 spiro atoms. The zero-order chi connectivity index (χ0) is 18.9. The maximum atomic E-state index is 12.2. The summed E-state index contributed by atoms with van der Waals surface area (Å²) in [4.78, 5) is 35.7. The van der Waals surface area contributed by atoms with Gasteiger partial charge in [0.2, 0.25) is 5.91 Å². The van der Waals surface area contributed by atoms with E-state index in [4.69, 9.17) is 4.74 Å². The first-order chi connectivity index (χ1) is 12.5. The van der Waals surface area contributed by atoms with Crippen LogP contribution in [-0.4, -0.2) is 47.7 Å². The van der Waals surface area contributed by atoms with E-state index in [1.807, 2.05) is 37.3 Å². The summed E-state index contributed by atoms with van der Waals surface area (Å²) < 4.78 is 5.06. The van der Waals surface area contributed by atoms with Crippen LogP contribution in [0.15, 0.2) is 35.4 Å². The van der Waals surface area contributed by atoms with Gasteiger partial charge in [0.05, 0.1) is 18.7 Å². The van der Waals surface area contributed by atoms with Crippen LogP contribution in [0.25, 0.3) is 0 Å². The minimum Gasteiger partial charge on any atom is -0.453 e. The number of carbonyl (C=O) groups excluding carboxylic acids is 3. The fourth-order valence-corrected chi connectivity index (χ4v) is 2.51. The van der Waals surface area contributed by atoms with Gasteiger partial charge in [-0.05, 0) is 18.9 Å². The lowest BCUT2D eigenvalue weighted by atomic mass is 10.1. The van der Waals surface area contributed by atoms with Crippen LogP contribution in [0, 0.1) is 0 Å². The first kappa shape index (κ1) is 19.6. The number of hydrazone groups is 1. The van der Waals surface area contributed by atoms with Gasteiger partial charge in [-0.2, -0.15) is 5.10 Å². The van der Waals surface area contributed by atoms with E-state index in [0.717, 1.165) is 17.7 Å². The molecular weight excluding hydrogens is 334 g/mol. The molecule has 0 saturated heterocycles. The number of hydrogen-bond acceptors (Lipinski definition) is 5. The van der Waals surface area contributed by atoms with E-state index in [1.165, 1.54) is 11.9 Å². The van der Waals surface area contributed by atoms with Crippen molar-refractivity contribution in [3.05, 3.63) is 35.9 Å². The number of ether oxygens (including phenoxy) is 1. The summed E-state index contributed by atoms with van der Waals surface area (Å²) in [5, 5.41) is 8.40. The van der Waals surface area contributed by atoms with E-state index in [1.54, 1.807) is 0 Å². The van der Waals surface area contributed by atoms with E-state index < -0.39 is 12.1 Å². The van der Waals surface area contributed by atoms with Crippen LogP contribution in [0.1, 0.15) is 45.1 Å². The summed E-state index contributed by atoms with van der Waals surface area (Å²) in [5.74, 6) is -1.12. The van der Waals surface area contributed by atoms with Crippen LogP contribution in [0.2, 0.25) is 0 Å². The molecule has 0 radical (unpaired) electrons. The van der Waals surface area contributed by atoms with Crippen LogP contribution in [0.5, 0.6) is 0 Å². The second kappa shape index (κ2) is 9.70. The highest BCUT2D eigenvalue weighted by molar-refractivity contribution is 6.02. The third-order valence-corrected chi connectivity index (χ3v) is 3.97. The molecule has 2 amide bonds. The molecule has 1 unspecified atom stereocenters. The zero-order valence-electron chi connectivity index (χ0n) is 15.2. The summed E-state index contributed by atoms with van der Waals surface area (Å²) in [6, 6.07) is 9.69. The first-order valence-electron chi connectivity index (χ1n) is 8.91. The Morgan fingerprint density at radius 3 is 2.65 bits per heavy atom. The molecule has 1 aromatic rings. The number of esters is 1. The minimum absolute atomic E-state index is 0.00764. The predicted octanol–water partition coefficient (Wildman–Crippen LogP) is 1.86. The topological polar surface area (TPSA) is 88.1 Å². The number of nitrogens with zero attached hydrogens (tertiary/aromatic N) is 2. The van der Waals surface area contributed by atoms with Crippen LogP contribution >= 0.6 is 0 Å². The Labute approximate surface area is 153 Å². The number of rotatable bonds is 8. The predicted molar refractivity (Wildman–Crippen MR) is 97.4 cm³/mol. The average molecular weight is 359 g/mol. The first-order valence-corrected chi connectivity index (χ1v) is 8.91. The Bertz CT molecular complexity index is 673. The van der Waals surface area contributed by atoms with Crippen LogP contribution in [-0.2, 0) is 19.1 Å². The van der Waals surface area contributed by atoms with Crippen molar-refractivity contribution in [2.45, 2.75) is 45.6 Å². The monoisotopic (exact) mass is 359 g/mol. The molecule has 7 heteroatoms. The maximum Gasteiger partial charge on any atom is 0.307 e. The van der Waals surface area contributed by atoms with Gasteiger partial charge in [-0.25, -0.2) is 5.01 Å².